The molecule has 10 heteroatoms. The number of carboxylic acid groups (broad SMARTS) is 1. The molecule has 0 unspecified atom stereocenters. The van der Waals surface area contributed by atoms with E-state index >= 15 is 0 Å². The molecule has 0 saturated heterocycles. The molecular formula is C31H39N5O5. The van der Waals surface area contributed by atoms with Crippen LogP contribution in [0.2, 0.25) is 0 Å². The maximum atomic E-state index is 13.6. The minimum absolute atomic E-state index is 0.0353. The van der Waals surface area contributed by atoms with Gasteiger partial charge in [-0.25, -0.2) is 9.59 Å². The maximum absolute atomic E-state index is 13.6. The number of guanidine groups is 1. The standard InChI is InChI=1S/C31H39N5O5/c1-20(2)36-25(22-16-10-7-11-17-22)23(21-14-8-6-9-15-21)24(28(38)39)26(36)27(37)33-18-12-13-19-34-29(32)35-30(40)41-31(3,4)5/h6-11,14-17,20H,12-13,18-19H2,1-5H3,(H,33,37)(H,38,39)(H3,32,34,35,40). The number of benzene rings is 2. The van der Waals surface area contributed by atoms with Crippen molar-refractivity contribution < 1.29 is 24.2 Å². The van der Waals surface area contributed by atoms with Crippen LogP contribution < -0.4 is 16.4 Å². The summed E-state index contributed by atoms with van der Waals surface area (Å²) in [7, 11) is 0. The van der Waals surface area contributed by atoms with Crippen LogP contribution in [0, 0.1) is 0 Å². The predicted molar refractivity (Wildman–Crippen MR) is 160 cm³/mol. The highest BCUT2D eigenvalue weighted by Crippen LogP contribution is 2.41. The fourth-order valence-corrected chi connectivity index (χ4v) is 4.47. The molecule has 0 spiro atoms. The van der Waals surface area contributed by atoms with Crippen LogP contribution in [0.15, 0.2) is 65.7 Å². The van der Waals surface area contributed by atoms with E-state index in [1.54, 1.807) is 20.8 Å². The monoisotopic (exact) mass is 561 g/mol. The summed E-state index contributed by atoms with van der Waals surface area (Å²) >= 11 is 0. The Balaban J connectivity index is 1.82. The van der Waals surface area contributed by atoms with Crippen LogP contribution in [0.1, 0.15) is 74.3 Å². The normalized spacial score (nSPS) is 11.8. The van der Waals surface area contributed by atoms with Crippen molar-refractivity contribution in [3.63, 3.8) is 0 Å². The van der Waals surface area contributed by atoms with Gasteiger partial charge in [0, 0.05) is 24.7 Å². The van der Waals surface area contributed by atoms with Crippen molar-refractivity contribution in [2.24, 2.45) is 10.7 Å². The van der Waals surface area contributed by atoms with E-state index in [0.29, 0.717) is 42.8 Å². The van der Waals surface area contributed by atoms with Crippen LogP contribution >= 0.6 is 0 Å². The summed E-state index contributed by atoms with van der Waals surface area (Å²) in [6, 6.07) is 18.6. The molecule has 3 aromatic rings. The topological polar surface area (TPSA) is 148 Å². The fraction of sp³-hybridized carbons (Fsp3) is 0.355. The van der Waals surface area contributed by atoms with E-state index in [0.717, 1.165) is 5.56 Å². The van der Waals surface area contributed by atoms with Gasteiger partial charge in [0.1, 0.15) is 11.3 Å². The molecule has 2 aromatic carbocycles. The second kappa shape index (κ2) is 13.6. The Hall–Kier alpha value is -4.60. The Morgan fingerprint density at radius 2 is 1.56 bits per heavy atom. The van der Waals surface area contributed by atoms with Gasteiger partial charge in [0.2, 0.25) is 0 Å². The summed E-state index contributed by atoms with van der Waals surface area (Å²) in [5, 5.41) is 15.6. The molecule has 0 aliphatic heterocycles. The molecule has 0 aliphatic carbocycles. The van der Waals surface area contributed by atoms with E-state index < -0.39 is 23.6 Å². The van der Waals surface area contributed by atoms with Crippen LogP contribution in [0.25, 0.3) is 22.4 Å². The molecule has 5 N–H and O–H groups in total. The SMILES string of the molecule is CC(C)n1c(C(=O)NCCCCN=C(N)NC(=O)OC(C)(C)C)c(C(=O)O)c(-c2ccccc2)c1-c1ccccc1. The summed E-state index contributed by atoms with van der Waals surface area (Å²) in [4.78, 5) is 42.2. The highest BCUT2D eigenvalue weighted by molar-refractivity contribution is 6.11. The van der Waals surface area contributed by atoms with Gasteiger partial charge in [0.05, 0.1) is 11.3 Å². The van der Waals surface area contributed by atoms with Gasteiger partial charge in [0.25, 0.3) is 5.91 Å². The number of unbranched alkanes of at least 4 members (excludes halogenated alkanes) is 1. The lowest BCUT2D eigenvalue weighted by atomic mass is 9.96. The zero-order chi connectivity index (χ0) is 30.2. The quantitative estimate of drug-likeness (QED) is 0.147. The van der Waals surface area contributed by atoms with Gasteiger partial charge in [-0.1, -0.05) is 60.7 Å². The number of rotatable bonds is 10. The number of aliphatic imine (C=N–C) groups is 1. The number of aromatic carboxylic acids is 1. The van der Waals surface area contributed by atoms with Crippen molar-refractivity contribution in [1.82, 2.24) is 15.2 Å². The highest BCUT2D eigenvalue weighted by Gasteiger charge is 2.33. The van der Waals surface area contributed by atoms with Gasteiger partial charge in [-0.3, -0.25) is 15.1 Å². The number of hydrogen-bond donors (Lipinski definition) is 4. The summed E-state index contributed by atoms with van der Waals surface area (Å²) < 4.78 is 6.95. The number of alkyl carbamates (subject to hydrolysis) is 1. The molecule has 41 heavy (non-hydrogen) atoms. The Kier molecular flexibility index (Phi) is 10.3. The molecule has 0 aliphatic rings. The molecule has 1 heterocycles. The van der Waals surface area contributed by atoms with E-state index in [-0.39, 0.29) is 23.3 Å². The number of carbonyl (C=O) groups is 3. The Labute approximate surface area is 240 Å². The van der Waals surface area contributed by atoms with Crippen LogP contribution in [0.3, 0.4) is 0 Å². The maximum Gasteiger partial charge on any atom is 0.414 e. The molecular weight excluding hydrogens is 522 g/mol. The number of nitrogens with one attached hydrogen (secondary N) is 2. The molecule has 0 bridgehead atoms. The number of hydrogen-bond acceptors (Lipinski definition) is 5. The molecule has 0 fully saturated rings. The van der Waals surface area contributed by atoms with Crippen LogP contribution in [-0.4, -0.2) is 52.3 Å². The van der Waals surface area contributed by atoms with Crippen molar-refractivity contribution in [1.29, 1.82) is 0 Å². The second-order valence-corrected chi connectivity index (χ2v) is 10.8. The number of nitrogens with two attached hydrogens (primary N) is 1. The number of ether oxygens (including phenoxy) is 1. The first-order valence-corrected chi connectivity index (χ1v) is 13.6. The van der Waals surface area contributed by atoms with Gasteiger partial charge in [-0.15, -0.1) is 0 Å². The van der Waals surface area contributed by atoms with E-state index in [1.165, 1.54) is 0 Å². The number of amides is 2. The number of nitrogens with zero attached hydrogens (tertiary/aromatic N) is 2. The summed E-state index contributed by atoms with van der Waals surface area (Å²) in [6.07, 6.45) is 0.466. The molecule has 1 aromatic heterocycles. The van der Waals surface area contributed by atoms with Gasteiger partial charge in [-0.05, 0) is 58.6 Å². The van der Waals surface area contributed by atoms with Crippen LogP contribution in [0.5, 0.6) is 0 Å². The molecule has 10 nitrogen and oxygen atoms in total. The van der Waals surface area contributed by atoms with Crippen molar-refractivity contribution in [3.8, 4) is 22.4 Å². The second-order valence-electron chi connectivity index (χ2n) is 10.8. The van der Waals surface area contributed by atoms with E-state index in [2.05, 4.69) is 15.6 Å². The first-order valence-electron chi connectivity index (χ1n) is 13.6. The van der Waals surface area contributed by atoms with Crippen molar-refractivity contribution in [2.75, 3.05) is 13.1 Å². The first kappa shape index (κ1) is 30.9. The van der Waals surface area contributed by atoms with E-state index in [9.17, 15) is 19.5 Å². The first-order chi connectivity index (χ1) is 19.4. The Bertz CT molecular complexity index is 1390. The molecule has 0 saturated carbocycles. The molecule has 3 rings (SSSR count). The lowest BCUT2D eigenvalue weighted by molar-refractivity contribution is 0.0561. The lowest BCUT2D eigenvalue weighted by Crippen LogP contribution is -2.40. The molecule has 2 amide bonds. The van der Waals surface area contributed by atoms with E-state index in [4.69, 9.17) is 10.5 Å². The molecule has 0 radical (unpaired) electrons. The van der Waals surface area contributed by atoms with Gasteiger partial charge >= 0.3 is 12.1 Å². The highest BCUT2D eigenvalue weighted by atomic mass is 16.6. The largest absolute Gasteiger partial charge is 0.478 e. The average molecular weight is 562 g/mol. The van der Waals surface area contributed by atoms with Gasteiger partial charge in [-0.2, -0.15) is 0 Å². The third-order valence-electron chi connectivity index (χ3n) is 6.04. The molecule has 0 atom stereocenters. The Morgan fingerprint density at radius 3 is 2.10 bits per heavy atom. The summed E-state index contributed by atoms with van der Waals surface area (Å²) in [5.74, 6) is -1.69. The van der Waals surface area contributed by atoms with Crippen molar-refractivity contribution in [3.05, 3.63) is 71.9 Å². The summed E-state index contributed by atoms with van der Waals surface area (Å²) in [5.41, 5.74) is 7.88. The fourth-order valence-electron chi connectivity index (χ4n) is 4.47. The number of carbonyl (C=O) groups excluding carboxylic acids is 2. The minimum atomic E-state index is -1.17. The van der Waals surface area contributed by atoms with Gasteiger partial charge in [0.15, 0.2) is 5.96 Å². The zero-order valence-corrected chi connectivity index (χ0v) is 24.2. The average Bonchev–Trinajstić information content (AvgIpc) is 3.27. The zero-order valence-electron chi connectivity index (χ0n) is 24.2. The smallest absolute Gasteiger partial charge is 0.414 e. The molecule has 218 valence electrons. The van der Waals surface area contributed by atoms with Crippen molar-refractivity contribution >= 4 is 23.9 Å². The third kappa shape index (κ3) is 8.20. The van der Waals surface area contributed by atoms with Crippen LogP contribution in [0.4, 0.5) is 4.79 Å². The number of carboxylic acids is 1. The predicted octanol–water partition coefficient (Wildman–Crippen LogP) is 5.45. The summed E-state index contributed by atoms with van der Waals surface area (Å²) in [6.45, 7) is 9.73. The lowest BCUT2D eigenvalue weighted by Gasteiger charge is -2.19. The van der Waals surface area contributed by atoms with E-state index in [1.807, 2.05) is 79.1 Å². The van der Waals surface area contributed by atoms with Crippen LogP contribution in [-0.2, 0) is 4.74 Å². The Morgan fingerprint density at radius 1 is 0.976 bits per heavy atom. The number of aromatic nitrogens is 1. The van der Waals surface area contributed by atoms with Gasteiger partial charge < -0.3 is 25.5 Å². The van der Waals surface area contributed by atoms with Crippen molar-refractivity contribution in [2.45, 2.75) is 59.1 Å². The third-order valence-corrected chi connectivity index (χ3v) is 6.04. The minimum Gasteiger partial charge on any atom is -0.478 e.